The number of aromatic nitrogens is 3. The first-order valence-corrected chi connectivity index (χ1v) is 8.72. The van der Waals surface area contributed by atoms with Gasteiger partial charge in [0.2, 0.25) is 4.96 Å². The molecular weight excluding hydrogens is 330 g/mol. The van der Waals surface area contributed by atoms with Crippen molar-refractivity contribution >= 4 is 28.4 Å². The average Bonchev–Trinajstić information content (AvgIpc) is 3.17. The van der Waals surface area contributed by atoms with Crippen molar-refractivity contribution in [2.24, 2.45) is 0 Å². The van der Waals surface area contributed by atoms with Crippen LogP contribution < -0.4 is 10.1 Å². The molecule has 25 heavy (non-hydrogen) atoms. The van der Waals surface area contributed by atoms with Gasteiger partial charge in [-0.05, 0) is 24.1 Å². The summed E-state index contributed by atoms with van der Waals surface area (Å²) in [4.78, 5) is 17.7. The zero-order valence-corrected chi connectivity index (χ0v) is 14.4. The number of rotatable bonds is 3. The Bertz CT molecular complexity index is 1160. The van der Waals surface area contributed by atoms with E-state index in [1.807, 2.05) is 79.7 Å². The Hall–Kier alpha value is -3.05. The summed E-state index contributed by atoms with van der Waals surface area (Å²) in [6.45, 7) is 1.98. The largest absolute Gasteiger partial charge is 0.291 e. The number of allylic oxidation sites excluding steroid dienone is 1. The van der Waals surface area contributed by atoms with Crippen molar-refractivity contribution in [1.29, 1.82) is 0 Å². The van der Waals surface area contributed by atoms with E-state index in [9.17, 15) is 4.79 Å². The van der Waals surface area contributed by atoms with E-state index >= 15 is 0 Å². The van der Waals surface area contributed by atoms with Gasteiger partial charge in [-0.15, -0.1) is 5.10 Å². The van der Waals surface area contributed by atoms with E-state index in [4.69, 9.17) is 0 Å². The molecule has 0 atom stereocenters. The fraction of sp³-hybridized carbons (Fsp3) is 0.0500. The summed E-state index contributed by atoms with van der Waals surface area (Å²) in [6.07, 6.45) is 3.93. The van der Waals surface area contributed by atoms with E-state index < -0.39 is 0 Å². The van der Waals surface area contributed by atoms with Crippen molar-refractivity contribution in [2.45, 2.75) is 6.92 Å². The highest BCUT2D eigenvalue weighted by Crippen LogP contribution is 2.15. The van der Waals surface area contributed by atoms with Crippen molar-refractivity contribution in [3.8, 4) is 11.4 Å². The summed E-state index contributed by atoms with van der Waals surface area (Å²) in [7, 11) is 0. The Labute approximate surface area is 148 Å². The predicted molar refractivity (Wildman–Crippen MR) is 102 cm³/mol. The molecule has 0 bridgehead atoms. The SMILES string of the molecule is CC(/C=c1\sc2nc(-c3ccccc3)nn2c1=O)=C\c1ccccc1. The number of fused-ring (bicyclic) bond motifs is 1. The normalized spacial score (nSPS) is 12.8. The number of hydrogen-bond donors (Lipinski definition) is 0. The molecule has 0 fully saturated rings. The van der Waals surface area contributed by atoms with Gasteiger partial charge in [0, 0.05) is 5.56 Å². The monoisotopic (exact) mass is 345 g/mol. The molecule has 0 radical (unpaired) electrons. The molecule has 0 aliphatic heterocycles. The minimum absolute atomic E-state index is 0.129. The lowest BCUT2D eigenvalue weighted by atomic mass is 10.1. The first kappa shape index (κ1) is 15.5. The highest BCUT2D eigenvalue weighted by atomic mass is 32.1. The van der Waals surface area contributed by atoms with E-state index in [1.54, 1.807) is 0 Å². The van der Waals surface area contributed by atoms with E-state index in [0.717, 1.165) is 16.7 Å². The maximum atomic E-state index is 12.6. The van der Waals surface area contributed by atoms with E-state index in [0.29, 0.717) is 15.3 Å². The van der Waals surface area contributed by atoms with Crippen LogP contribution in [-0.2, 0) is 0 Å². The third kappa shape index (κ3) is 3.14. The Morgan fingerprint density at radius 3 is 2.40 bits per heavy atom. The molecule has 0 aliphatic rings. The van der Waals surface area contributed by atoms with Crippen LogP contribution in [0.3, 0.4) is 0 Å². The second kappa shape index (κ2) is 6.45. The third-order valence-corrected chi connectivity index (χ3v) is 4.73. The molecule has 0 amide bonds. The van der Waals surface area contributed by atoms with Crippen LogP contribution >= 0.6 is 11.3 Å². The van der Waals surface area contributed by atoms with Crippen LogP contribution in [0.2, 0.25) is 0 Å². The van der Waals surface area contributed by atoms with Crippen molar-refractivity contribution in [1.82, 2.24) is 14.6 Å². The number of nitrogens with zero attached hydrogens (tertiary/aromatic N) is 3. The maximum absolute atomic E-state index is 12.6. The van der Waals surface area contributed by atoms with Crippen LogP contribution in [0, 0.1) is 0 Å². The maximum Gasteiger partial charge on any atom is 0.291 e. The van der Waals surface area contributed by atoms with Crippen molar-refractivity contribution < 1.29 is 0 Å². The molecule has 4 aromatic rings. The van der Waals surface area contributed by atoms with Gasteiger partial charge in [-0.1, -0.05) is 78.1 Å². The highest BCUT2D eigenvalue weighted by molar-refractivity contribution is 7.15. The lowest BCUT2D eigenvalue weighted by molar-refractivity contribution is 0.937. The predicted octanol–water partition coefficient (Wildman–Crippen LogP) is 3.42. The molecule has 0 N–H and O–H groups in total. The zero-order chi connectivity index (χ0) is 17.2. The first-order chi connectivity index (χ1) is 12.2. The fourth-order valence-electron chi connectivity index (χ4n) is 2.60. The summed E-state index contributed by atoms with van der Waals surface area (Å²) in [5.74, 6) is 0.576. The van der Waals surface area contributed by atoms with Crippen LogP contribution in [0.1, 0.15) is 12.5 Å². The third-order valence-electron chi connectivity index (χ3n) is 3.77. The summed E-state index contributed by atoms with van der Waals surface area (Å²) in [6, 6.07) is 19.7. The minimum Gasteiger partial charge on any atom is -0.266 e. The van der Waals surface area contributed by atoms with Gasteiger partial charge >= 0.3 is 0 Å². The zero-order valence-electron chi connectivity index (χ0n) is 13.6. The molecule has 2 aromatic carbocycles. The van der Waals surface area contributed by atoms with Crippen LogP contribution in [0.5, 0.6) is 0 Å². The summed E-state index contributed by atoms with van der Waals surface area (Å²) >= 11 is 1.36. The lowest BCUT2D eigenvalue weighted by Gasteiger charge is -1.93. The molecule has 122 valence electrons. The topological polar surface area (TPSA) is 47.3 Å². The fourth-order valence-corrected chi connectivity index (χ4v) is 3.56. The van der Waals surface area contributed by atoms with Crippen LogP contribution in [0.4, 0.5) is 0 Å². The van der Waals surface area contributed by atoms with E-state index in [2.05, 4.69) is 10.1 Å². The van der Waals surface area contributed by atoms with Crippen LogP contribution in [-0.4, -0.2) is 14.6 Å². The second-order valence-electron chi connectivity index (χ2n) is 5.71. The average molecular weight is 345 g/mol. The van der Waals surface area contributed by atoms with Gasteiger partial charge in [0.25, 0.3) is 5.56 Å². The summed E-state index contributed by atoms with van der Waals surface area (Å²) < 4.78 is 2.02. The van der Waals surface area contributed by atoms with Crippen molar-refractivity contribution in [2.75, 3.05) is 0 Å². The van der Waals surface area contributed by atoms with Gasteiger partial charge in [0.15, 0.2) is 5.82 Å². The molecule has 2 aromatic heterocycles. The van der Waals surface area contributed by atoms with Gasteiger partial charge in [-0.3, -0.25) is 4.79 Å². The molecule has 4 rings (SSSR count). The molecule has 4 nitrogen and oxygen atoms in total. The van der Waals surface area contributed by atoms with Gasteiger partial charge in [0.05, 0.1) is 4.53 Å². The molecule has 0 aliphatic carbocycles. The Morgan fingerprint density at radius 1 is 1.04 bits per heavy atom. The second-order valence-corrected chi connectivity index (χ2v) is 6.72. The highest BCUT2D eigenvalue weighted by Gasteiger charge is 2.11. The molecule has 5 heteroatoms. The molecule has 0 saturated carbocycles. The molecule has 0 unspecified atom stereocenters. The number of benzene rings is 2. The molecule has 0 spiro atoms. The Kier molecular flexibility index (Phi) is 3.99. The van der Waals surface area contributed by atoms with Gasteiger partial charge in [0.1, 0.15) is 0 Å². The molecule has 2 heterocycles. The molecular formula is C20H15N3OS. The van der Waals surface area contributed by atoms with Crippen molar-refractivity contribution in [3.63, 3.8) is 0 Å². The van der Waals surface area contributed by atoms with Crippen LogP contribution in [0.25, 0.3) is 28.5 Å². The summed E-state index contributed by atoms with van der Waals surface area (Å²) in [5.41, 5.74) is 2.89. The number of thiazole rings is 1. The quantitative estimate of drug-likeness (QED) is 0.572. The first-order valence-electron chi connectivity index (χ1n) is 7.91. The van der Waals surface area contributed by atoms with Gasteiger partial charge in [-0.25, -0.2) is 0 Å². The molecule has 0 saturated heterocycles. The summed E-state index contributed by atoms with van der Waals surface area (Å²) in [5, 5.41) is 4.36. The van der Waals surface area contributed by atoms with Gasteiger partial charge in [-0.2, -0.15) is 9.50 Å². The Morgan fingerprint density at radius 2 is 1.72 bits per heavy atom. The number of hydrogen-bond acceptors (Lipinski definition) is 4. The smallest absolute Gasteiger partial charge is 0.266 e. The standard InChI is InChI=1S/C20H15N3OS/c1-14(12-15-8-4-2-5-9-15)13-17-19(24)23-20(25-17)21-18(22-23)16-10-6-3-7-11-16/h2-13H,1H3/b14-12+,17-13-. The minimum atomic E-state index is -0.129. The van der Waals surface area contributed by atoms with Crippen LogP contribution in [0.15, 0.2) is 71.0 Å². The van der Waals surface area contributed by atoms with E-state index in [1.165, 1.54) is 15.9 Å². The van der Waals surface area contributed by atoms with Crippen molar-refractivity contribution in [3.05, 3.63) is 86.7 Å². The van der Waals surface area contributed by atoms with E-state index in [-0.39, 0.29) is 5.56 Å². The lowest BCUT2D eigenvalue weighted by Crippen LogP contribution is -2.23. The van der Waals surface area contributed by atoms with Gasteiger partial charge < -0.3 is 0 Å². The Balaban J connectivity index is 1.74.